The van der Waals surface area contributed by atoms with Crippen molar-refractivity contribution in [3.8, 4) is 0 Å². The smallest absolute Gasteiger partial charge is 0.304 e. The summed E-state index contributed by atoms with van der Waals surface area (Å²) in [5, 5.41) is 10.5. The van der Waals surface area contributed by atoms with E-state index in [2.05, 4.69) is 0 Å². The van der Waals surface area contributed by atoms with Crippen LogP contribution in [0.2, 0.25) is 0 Å². The molecule has 1 aromatic rings. The zero-order chi connectivity index (χ0) is 8.97. The fraction of sp³-hybridized carbons (Fsp3) is 0.375. The Balaban J connectivity index is 2.63. The quantitative estimate of drug-likeness (QED) is 0.742. The molecule has 0 aliphatic heterocycles. The van der Waals surface area contributed by atoms with E-state index in [1.165, 1.54) is 0 Å². The van der Waals surface area contributed by atoms with Gasteiger partial charge < -0.3 is 10.8 Å². The van der Waals surface area contributed by atoms with E-state index in [0.717, 1.165) is 4.88 Å². The number of carbonyl (C=O) groups is 1. The number of carboxylic acids is 1. The van der Waals surface area contributed by atoms with Gasteiger partial charge in [0, 0.05) is 17.3 Å². The standard InChI is InChI=1S/C8H11NO2S/c9-5-6(4-8(10)11)7-2-1-3-12-7/h1-3,6H,4-5,9H2,(H,10,11). The number of thiophene rings is 1. The summed E-state index contributed by atoms with van der Waals surface area (Å²) in [6.45, 7) is 0.396. The molecule has 0 saturated carbocycles. The second-order valence-electron chi connectivity index (χ2n) is 2.55. The highest BCUT2D eigenvalue weighted by atomic mass is 32.1. The maximum atomic E-state index is 10.4. The van der Waals surface area contributed by atoms with E-state index < -0.39 is 5.97 Å². The van der Waals surface area contributed by atoms with Crippen LogP contribution in [-0.4, -0.2) is 17.6 Å². The third kappa shape index (κ3) is 2.32. The molecule has 4 heteroatoms. The van der Waals surface area contributed by atoms with Crippen molar-refractivity contribution in [1.82, 2.24) is 0 Å². The first-order valence-corrected chi connectivity index (χ1v) is 4.57. The van der Waals surface area contributed by atoms with Crippen molar-refractivity contribution in [2.45, 2.75) is 12.3 Å². The highest BCUT2D eigenvalue weighted by Crippen LogP contribution is 2.22. The molecule has 0 fully saturated rings. The summed E-state index contributed by atoms with van der Waals surface area (Å²) in [5.41, 5.74) is 5.46. The molecule has 0 saturated heterocycles. The van der Waals surface area contributed by atoms with Gasteiger partial charge in [0.2, 0.25) is 0 Å². The van der Waals surface area contributed by atoms with Crippen LogP contribution in [0.4, 0.5) is 0 Å². The Morgan fingerprint density at radius 1 is 1.75 bits per heavy atom. The Kier molecular flexibility index (Phi) is 3.25. The number of aliphatic carboxylic acids is 1. The Bertz CT molecular complexity index is 246. The molecule has 0 aliphatic carbocycles. The van der Waals surface area contributed by atoms with E-state index in [0.29, 0.717) is 6.54 Å². The second-order valence-corrected chi connectivity index (χ2v) is 3.53. The van der Waals surface area contributed by atoms with Gasteiger partial charge in [-0.15, -0.1) is 11.3 Å². The molecular weight excluding hydrogens is 174 g/mol. The number of nitrogens with two attached hydrogens (primary N) is 1. The summed E-state index contributed by atoms with van der Waals surface area (Å²) in [7, 11) is 0. The highest BCUT2D eigenvalue weighted by Gasteiger charge is 2.14. The summed E-state index contributed by atoms with van der Waals surface area (Å²) >= 11 is 1.55. The van der Waals surface area contributed by atoms with Gasteiger partial charge in [0.25, 0.3) is 0 Å². The Morgan fingerprint density at radius 2 is 2.50 bits per heavy atom. The molecule has 1 unspecified atom stereocenters. The van der Waals surface area contributed by atoms with Crippen LogP contribution >= 0.6 is 11.3 Å². The molecule has 0 aliphatic rings. The van der Waals surface area contributed by atoms with E-state index in [1.807, 2.05) is 17.5 Å². The molecule has 0 spiro atoms. The molecule has 0 radical (unpaired) electrons. The van der Waals surface area contributed by atoms with Gasteiger partial charge in [-0.2, -0.15) is 0 Å². The van der Waals surface area contributed by atoms with Gasteiger partial charge in [-0.1, -0.05) is 6.07 Å². The monoisotopic (exact) mass is 185 g/mol. The van der Waals surface area contributed by atoms with E-state index >= 15 is 0 Å². The fourth-order valence-electron chi connectivity index (χ4n) is 1.03. The summed E-state index contributed by atoms with van der Waals surface area (Å²) in [5.74, 6) is -0.818. The predicted octanol–water partition coefficient (Wildman–Crippen LogP) is 1.27. The van der Waals surface area contributed by atoms with Gasteiger partial charge in [0.1, 0.15) is 0 Å². The first-order chi connectivity index (χ1) is 5.74. The van der Waals surface area contributed by atoms with E-state index in [4.69, 9.17) is 10.8 Å². The van der Waals surface area contributed by atoms with Crippen molar-refractivity contribution in [2.24, 2.45) is 5.73 Å². The van der Waals surface area contributed by atoms with Crippen molar-refractivity contribution in [1.29, 1.82) is 0 Å². The molecule has 1 heterocycles. The average Bonchev–Trinajstić information content (AvgIpc) is 2.51. The maximum Gasteiger partial charge on any atom is 0.304 e. The molecule has 3 nitrogen and oxygen atoms in total. The van der Waals surface area contributed by atoms with Gasteiger partial charge in [0.15, 0.2) is 0 Å². The summed E-state index contributed by atoms with van der Waals surface area (Å²) in [4.78, 5) is 11.5. The molecule has 3 N–H and O–H groups in total. The maximum absolute atomic E-state index is 10.4. The van der Waals surface area contributed by atoms with Crippen LogP contribution in [0.25, 0.3) is 0 Å². The molecule has 0 amide bonds. The number of hydrogen-bond donors (Lipinski definition) is 2. The zero-order valence-electron chi connectivity index (χ0n) is 6.56. The molecule has 1 rings (SSSR count). The van der Waals surface area contributed by atoms with Gasteiger partial charge >= 0.3 is 5.97 Å². The molecule has 1 aromatic heterocycles. The van der Waals surface area contributed by atoms with Crippen LogP contribution in [-0.2, 0) is 4.79 Å². The van der Waals surface area contributed by atoms with Crippen LogP contribution in [0.3, 0.4) is 0 Å². The van der Waals surface area contributed by atoms with Crippen LogP contribution in [0.5, 0.6) is 0 Å². The number of rotatable bonds is 4. The molecule has 1 atom stereocenters. The van der Waals surface area contributed by atoms with Gasteiger partial charge in [-0.3, -0.25) is 4.79 Å². The average molecular weight is 185 g/mol. The van der Waals surface area contributed by atoms with Gasteiger partial charge in [-0.25, -0.2) is 0 Å². The first kappa shape index (κ1) is 9.22. The lowest BCUT2D eigenvalue weighted by molar-refractivity contribution is -0.137. The molecular formula is C8H11NO2S. The van der Waals surface area contributed by atoms with E-state index in [-0.39, 0.29) is 12.3 Å². The van der Waals surface area contributed by atoms with Crippen molar-refractivity contribution < 1.29 is 9.90 Å². The summed E-state index contributed by atoms with van der Waals surface area (Å²) < 4.78 is 0. The van der Waals surface area contributed by atoms with Gasteiger partial charge in [0.05, 0.1) is 6.42 Å². The Morgan fingerprint density at radius 3 is 2.92 bits per heavy atom. The van der Waals surface area contributed by atoms with Crippen LogP contribution in [0.1, 0.15) is 17.2 Å². The van der Waals surface area contributed by atoms with Crippen molar-refractivity contribution in [3.05, 3.63) is 22.4 Å². The van der Waals surface area contributed by atoms with E-state index in [1.54, 1.807) is 11.3 Å². The zero-order valence-corrected chi connectivity index (χ0v) is 7.38. The largest absolute Gasteiger partial charge is 0.481 e. The van der Waals surface area contributed by atoms with Crippen molar-refractivity contribution in [2.75, 3.05) is 6.54 Å². The minimum absolute atomic E-state index is 0.0255. The minimum Gasteiger partial charge on any atom is -0.481 e. The van der Waals surface area contributed by atoms with Crippen LogP contribution in [0, 0.1) is 0 Å². The third-order valence-electron chi connectivity index (χ3n) is 1.65. The third-order valence-corrected chi connectivity index (χ3v) is 2.69. The van der Waals surface area contributed by atoms with Crippen LogP contribution < -0.4 is 5.73 Å². The fourth-order valence-corrected chi connectivity index (χ4v) is 1.88. The normalized spacial score (nSPS) is 12.8. The number of hydrogen-bond acceptors (Lipinski definition) is 3. The van der Waals surface area contributed by atoms with Crippen molar-refractivity contribution >= 4 is 17.3 Å². The lowest BCUT2D eigenvalue weighted by atomic mass is 10.0. The summed E-state index contributed by atoms with van der Waals surface area (Å²) in [6, 6.07) is 3.83. The molecule has 0 aromatic carbocycles. The summed E-state index contributed by atoms with van der Waals surface area (Å²) in [6.07, 6.45) is 0.122. The molecule has 66 valence electrons. The predicted molar refractivity (Wildman–Crippen MR) is 48.4 cm³/mol. The second kappa shape index (κ2) is 4.23. The van der Waals surface area contributed by atoms with E-state index in [9.17, 15) is 4.79 Å². The highest BCUT2D eigenvalue weighted by molar-refractivity contribution is 7.10. The van der Waals surface area contributed by atoms with Crippen molar-refractivity contribution in [3.63, 3.8) is 0 Å². The topological polar surface area (TPSA) is 63.3 Å². The first-order valence-electron chi connectivity index (χ1n) is 3.69. The lowest BCUT2D eigenvalue weighted by Crippen LogP contribution is -2.15. The van der Waals surface area contributed by atoms with Gasteiger partial charge in [-0.05, 0) is 11.4 Å². The lowest BCUT2D eigenvalue weighted by Gasteiger charge is -2.08. The SMILES string of the molecule is NCC(CC(=O)O)c1cccs1. The Hall–Kier alpha value is -0.870. The molecule has 12 heavy (non-hydrogen) atoms. The minimum atomic E-state index is -0.793. The van der Waals surface area contributed by atoms with Crippen LogP contribution in [0.15, 0.2) is 17.5 Å². The molecule has 0 bridgehead atoms. The Labute approximate surface area is 74.8 Å². The number of carboxylic acid groups (broad SMARTS) is 1.